The molecule has 0 aliphatic heterocycles. The molecule has 0 aliphatic carbocycles. The highest BCUT2D eigenvalue weighted by atomic mass is 35.5. The summed E-state index contributed by atoms with van der Waals surface area (Å²) < 4.78 is 0. The molecule has 1 aromatic rings. The van der Waals surface area contributed by atoms with Crippen molar-refractivity contribution in [3.63, 3.8) is 0 Å². The first-order chi connectivity index (χ1) is 6.16. The second-order valence-corrected chi connectivity index (χ2v) is 3.27. The van der Waals surface area contributed by atoms with Crippen LogP contribution in [0.5, 0.6) is 5.75 Å². The van der Waals surface area contributed by atoms with E-state index in [0.717, 1.165) is 0 Å². The Morgan fingerprint density at radius 2 is 2.07 bits per heavy atom. The van der Waals surface area contributed by atoms with E-state index in [1.54, 1.807) is 18.2 Å². The molecule has 1 rings (SSSR count). The maximum atomic E-state index is 9.54. The Balaban J connectivity index is 0.00000169. The highest BCUT2D eigenvalue weighted by molar-refractivity contribution is 6.32. The second kappa shape index (κ2) is 6.09. The quantitative estimate of drug-likeness (QED) is 0.750. The van der Waals surface area contributed by atoms with Crippen molar-refractivity contribution in [2.45, 2.75) is 12.5 Å². The standard InChI is InChI=1S/C9H13ClN2O.ClH/c10-7-3-1-2-6(9(7)13)8(12)4-5-11;/h1-3,8,13H,4-5,11-12H2;1H/t8-;/m1./s1. The van der Waals surface area contributed by atoms with Gasteiger partial charge >= 0.3 is 0 Å². The smallest absolute Gasteiger partial charge is 0.138 e. The first-order valence-electron chi connectivity index (χ1n) is 4.10. The largest absolute Gasteiger partial charge is 0.506 e. The molecule has 0 spiro atoms. The van der Waals surface area contributed by atoms with E-state index >= 15 is 0 Å². The van der Waals surface area contributed by atoms with Crippen molar-refractivity contribution >= 4 is 24.0 Å². The minimum Gasteiger partial charge on any atom is -0.506 e. The lowest BCUT2D eigenvalue weighted by Gasteiger charge is -2.12. The molecule has 1 atom stereocenters. The van der Waals surface area contributed by atoms with E-state index in [0.29, 0.717) is 23.6 Å². The van der Waals surface area contributed by atoms with Gasteiger partial charge < -0.3 is 16.6 Å². The highest BCUT2D eigenvalue weighted by Gasteiger charge is 2.11. The maximum absolute atomic E-state index is 9.54. The Kier molecular flexibility index (Phi) is 5.88. The zero-order valence-electron chi connectivity index (χ0n) is 7.61. The van der Waals surface area contributed by atoms with Crippen LogP contribution in [0.4, 0.5) is 0 Å². The van der Waals surface area contributed by atoms with Crippen LogP contribution in [0.2, 0.25) is 5.02 Å². The summed E-state index contributed by atoms with van der Waals surface area (Å²) in [6.07, 6.45) is 0.633. The average Bonchev–Trinajstić information content (AvgIpc) is 2.10. The van der Waals surface area contributed by atoms with E-state index in [2.05, 4.69) is 0 Å². The molecule has 0 saturated heterocycles. The number of nitrogens with two attached hydrogens (primary N) is 2. The lowest BCUT2D eigenvalue weighted by molar-refractivity contribution is 0.459. The minimum absolute atomic E-state index is 0. The van der Waals surface area contributed by atoms with Crippen LogP contribution in [0, 0.1) is 0 Å². The van der Waals surface area contributed by atoms with Crippen molar-refractivity contribution in [2.24, 2.45) is 11.5 Å². The van der Waals surface area contributed by atoms with E-state index in [-0.39, 0.29) is 24.2 Å². The Bertz CT molecular complexity index is 294. The van der Waals surface area contributed by atoms with Gasteiger partial charge in [0.1, 0.15) is 5.75 Å². The van der Waals surface area contributed by atoms with Crippen LogP contribution < -0.4 is 11.5 Å². The van der Waals surface area contributed by atoms with Crippen molar-refractivity contribution < 1.29 is 5.11 Å². The third-order valence-electron chi connectivity index (χ3n) is 1.90. The van der Waals surface area contributed by atoms with Crippen molar-refractivity contribution in [3.8, 4) is 5.75 Å². The van der Waals surface area contributed by atoms with Crippen molar-refractivity contribution in [1.29, 1.82) is 0 Å². The lowest BCUT2D eigenvalue weighted by atomic mass is 10.0. The van der Waals surface area contributed by atoms with Gasteiger partial charge in [0.25, 0.3) is 0 Å². The monoisotopic (exact) mass is 236 g/mol. The summed E-state index contributed by atoms with van der Waals surface area (Å²) in [6.45, 7) is 0.493. The average molecular weight is 237 g/mol. The number of phenols is 1. The second-order valence-electron chi connectivity index (χ2n) is 2.86. The van der Waals surface area contributed by atoms with Crippen LogP contribution in [0.15, 0.2) is 18.2 Å². The molecule has 0 fully saturated rings. The van der Waals surface area contributed by atoms with Crippen LogP contribution in [0.25, 0.3) is 0 Å². The maximum Gasteiger partial charge on any atom is 0.138 e. The summed E-state index contributed by atoms with van der Waals surface area (Å²) in [5.74, 6) is 0.0603. The molecule has 1 aromatic carbocycles. The number of halogens is 2. The molecule has 0 heterocycles. The molecule has 0 aliphatic rings. The third-order valence-corrected chi connectivity index (χ3v) is 2.20. The lowest BCUT2D eigenvalue weighted by Crippen LogP contribution is -2.15. The molecular formula is C9H14Cl2N2O. The van der Waals surface area contributed by atoms with Crippen molar-refractivity contribution in [1.82, 2.24) is 0 Å². The van der Waals surface area contributed by atoms with E-state index < -0.39 is 0 Å². The topological polar surface area (TPSA) is 72.3 Å². The first-order valence-corrected chi connectivity index (χ1v) is 4.47. The van der Waals surface area contributed by atoms with E-state index in [1.807, 2.05) is 0 Å². The van der Waals surface area contributed by atoms with Gasteiger partial charge in [-0.2, -0.15) is 0 Å². The molecule has 5 heteroatoms. The van der Waals surface area contributed by atoms with Gasteiger partial charge in [0, 0.05) is 11.6 Å². The predicted octanol–water partition coefficient (Wildman–Crippen LogP) is 1.82. The number of hydrogen-bond donors (Lipinski definition) is 3. The van der Waals surface area contributed by atoms with E-state index in [4.69, 9.17) is 23.1 Å². The molecule has 0 saturated carbocycles. The summed E-state index contributed by atoms with van der Waals surface area (Å²) in [5.41, 5.74) is 11.8. The van der Waals surface area contributed by atoms with Gasteiger partial charge in [0.05, 0.1) is 5.02 Å². The Labute approximate surface area is 94.5 Å². The van der Waals surface area contributed by atoms with Crippen LogP contribution in [0.1, 0.15) is 18.0 Å². The molecule has 0 unspecified atom stereocenters. The van der Waals surface area contributed by atoms with Gasteiger partial charge in [-0.3, -0.25) is 0 Å². The number of phenolic OH excluding ortho intramolecular Hbond substituents is 1. The molecule has 14 heavy (non-hydrogen) atoms. The molecule has 0 bridgehead atoms. The molecule has 0 aromatic heterocycles. The zero-order chi connectivity index (χ0) is 9.84. The molecule has 0 radical (unpaired) electrons. The van der Waals surface area contributed by atoms with Crippen LogP contribution in [0.3, 0.4) is 0 Å². The predicted molar refractivity (Wildman–Crippen MR) is 61.0 cm³/mol. The number of aromatic hydroxyl groups is 1. The molecular weight excluding hydrogens is 223 g/mol. The minimum atomic E-state index is -0.247. The van der Waals surface area contributed by atoms with Gasteiger partial charge in [-0.25, -0.2) is 0 Å². The zero-order valence-corrected chi connectivity index (χ0v) is 9.18. The molecule has 0 amide bonds. The summed E-state index contributed by atoms with van der Waals surface area (Å²) in [5, 5.41) is 9.87. The fourth-order valence-corrected chi connectivity index (χ4v) is 1.35. The number of rotatable bonds is 3. The fourth-order valence-electron chi connectivity index (χ4n) is 1.17. The molecule has 5 N–H and O–H groups in total. The van der Waals surface area contributed by atoms with Gasteiger partial charge in [-0.05, 0) is 19.0 Å². The fraction of sp³-hybridized carbons (Fsp3) is 0.333. The Morgan fingerprint density at radius 3 is 2.64 bits per heavy atom. The van der Waals surface area contributed by atoms with Gasteiger partial charge in [-0.1, -0.05) is 23.7 Å². The molecule has 3 nitrogen and oxygen atoms in total. The number of hydrogen-bond acceptors (Lipinski definition) is 3. The highest BCUT2D eigenvalue weighted by Crippen LogP contribution is 2.31. The van der Waals surface area contributed by atoms with Crippen LogP contribution >= 0.6 is 24.0 Å². The van der Waals surface area contributed by atoms with Crippen molar-refractivity contribution in [2.75, 3.05) is 6.54 Å². The van der Waals surface area contributed by atoms with Gasteiger partial charge in [0.2, 0.25) is 0 Å². The Hall–Kier alpha value is -0.480. The van der Waals surface area contributed by atoms with Gasteiger partial charge in [-0.15, -0.1) is 12.4 Å². The summed E-state index contributed by atoms with van der Waals surface area (Å²) >= 11 is 5.72. The number of para-hydroxylation sites is 1. The van der Waals surface area contributed by atoms with E-state index in [9.17, 15) is 5.11 Å². The molecule has 80 valence electrons. The first kappa shape index (κ1) is 13.5. The van der Waals surface area contributed by atoms with Gasteiger partial charge in [0.15, 0.2) is 0 Å². The van der Waals surface area contributed by atoms with Crippen LogP contribution in [-0.2, 0) is 0 Å². The normalized spacial score (nSPS) is 11.9. The third kappa shape index (κ3) is 3.03. The van der Waals surface area contributed by atoms with Crippen molar-refractivity contribution in [3.05, 3.63) is 28.8 Å². The SMILES string of the molecule is Cl.NCC[C@@H](N)c1cccc(Cl)c1O. The summed E-state index contributed by atoms with van der Waals surface area (Å²) in [4.78, 5) is 0. The Morgan fingerprint density at radius 1 is 1.43 bits per heavy atom. The summed E-state index contributed by atoms with van der Waals surface area (Å²) in [6, 6.07) is 4.88. The van der Waals surface area contributed by atoms with E-state index in [1.165, 1.54) is 0 Å². The number of benzene rings is 1. The summed E-state index contributed by atoms with van der Waals surface area (Å²) in [7, 11) is 0. The van der Waals surface area contributed by atoms with Crippen LogP contribution in [-0.4, -0.2) is 11.7 Å².